The normalized spacial score (nSPS) is 14.5. The summed E-state index contributed by atoms with van der Waals surface area (Å²) >= 11 is 0. The summed E-state index contributed by atoms with van der Waals surface area (Å²) in [6.45, 7) is 12.5. The van der Waals surface area contributed by atoms with Crippen LogP contribution in [0.15, 0.2) is 84.9 Å². The molecule has 0 saturated heterocycles. The molecule has 0 spiro atoms. The predicted octanol–water partition coefficient (Wildman–Crippen LogP) is -0.409. The maximum Gasteiger partial charge on any atom is 0.318 e. The van der Waals surface area contributed by atoms with E-state index in [1.807, 2.05) is 69.3 Å². The van der Waals surface area contributed by atoms with E-state index in [2.05, 4.69) is 68.5 Å². The van der Waals surface area contributed by atoms with Crippen LogP contribution in [0.5, 0.6) is 5.75 Å². The van der Waals surface area contributed by atoms with Gasteiger partial charge in [-0.1, -0.05) is 90.0 Å². The van der Waals surface area contributed by atoms with Crippen molar-refractivity contribution in [2.24, 2.45) is 16.9 Å². The number of halogens is 1. The molecule has 558 valence electrons. The first kappa shape index (κ1) is 82.9. The van der Waals surface area contributed by atoms with Crippen molar-refractivity contribution in [3.05, 3.63) is 130 Å². The molecule has 103 heavy (non-hydrogen) atoms. The first-order chi connectivity index (χ1) is 48.5. The molecule has 0 aliphatic carbocycles. The molecule has 1 heterocycles. The standard InChI is InChI=1S/C70H94FN15O17/c1-10-44-32-47(103-27-14-13-26-72)24-25-48(44)45-22-20-42(21-23-45)31-51(62(95)76-50(59(73)92)19-15-16-43-29-37(2)28-38(3)30-43)78-63(96)53(34-56(90)91)77-60(93)39(4)75-64(97)57(40(5)87)81-67(100)70(9,35-46-17-11-12-18-49(46)71)82-65(98)58(41(6)88)80-55(89)36-74-61(94)52(33-54-83-85-86-84-54)79-66(99)69(7,8)68(101)102/h11-12,17-18,20-25,28-30,32,39-41,50-53,57-58,87-88H,10,13-16,19,26-27,31,33-36,72H2,1-9H3,(H2,73,92)(H,74,94)(H,75,97)(H,76,95)(H,77,93)(H,78,96)(H,79,99)(H,80,89)(H,81,100)(H,82,98)(H,90,91)(H,101,102)(H,83,84,85,86)/t39-,40+,41+,50-,51-,52-,53-,57-,58-,70-/m0/s1. The van der Waals surface area contributed by atoms with Gasteiger partial charge in [0.05, 0.1) is 31.8 Å². The van der Waals surface area contributed by atoms with Crippen LogP contribution in [-0.2, 0) is 89.6 Å². The number of aliphatic hydroxyl groups excluding tert-OH is 2. The van der Waals surface area contributed by atoms with Crippen LogP contribution >= 0.6 is 0 Å². The van der Waals surface area contributed by atoms with E-state index in [1.54, 1.807) is 12.1 Å². The first-order valence-electron chi connectivity index (χ1n) is 33.5. The molecule has 0 fully saturated rings. The molecule has 10 atom stereocenters. The van der Waals surface area contributed by atoms with Gasteiger partial charge in [0.1, 0.15) is 64.8 Å². The average molecular weight is 1440 g/mol. The largest absolute Gasteiger partial charge is 0.494 e. The number of hydrogen-bond donors (Lipinski definition) is 16. The smallest absolute Gasteiger partial charge is 0.318 e. The van der Waals surface area contributed by atoms with Crippen molar-refractivity contribution in [2.75, 3.05) is 19.7 Å². The number of aliphatic carboxylic acids is 2. The van der Waals surface area contributed by atoms with Crippen molar-refractivity contribution in [1.29, 1.82) is 0 Å². The van der Waals surface area contributed by atoms with E-state index in [9.17, 15) is 78.0 Å². The number of nitrogens with zero attached hydrogens (tertiary/aromatic N) is 3. The number of carboxylic acids is 2. The average Bonchev–Trinajstić information content (AvgIpc) is 1.07. The van der Waals surface area contributed by atoms with E-state index in [1.165, 1.54) is 18.2 Å². The summed E-state index contributed by atoms with van der Waals surface area (Å²) in [4.78, 5) is 163. The SMILES string of the molecule is CCc1cc(OCCCCN)ccc1-c1ccc(C[C@H](NC(=O)[C@H](CC(=O)O)NC(=O)[C@H](C)NC(=O)[C@@H](NC(=O)[C@](C)(Cc2ccccc2F)NC(=O)[C@@H](NC(=O)CNC(=O)[C@H](Cc2nn[nH]n2)NC(=O)C(C)(C)C(=O)O)[C@@H](C)O)[C@@H](C)O)C(=O)N[C@@H](CCCc2cc(C)cc(C)c2)C(N)=O)cc1. The fourth-order valence-corrected chi connectivity index (χ4v) is 10.8. The topological polar surface area (TPSA) is 510 Å². The van der Waals surface area contributed by atoms with E-state index in [-0.39, 0.29) is 24.2 Å². The van der Waals surface area contributed by atoms with Gasteiger partial charge in [0.15, 0.2) is 5.82 Å². The highest BCUT2D eigenvalue weighted by atomic mass is 19.1. The van der Waals surface area contributed by atoms with Crippen LogP contribution in [-0.4, -0.2) is 192 Å². The molecule has 5 aromatic rings. The molecule has 0 aliphatic heterocycles. The summed E-state index contributed by atoms with van der Waals surface area (Å²) in [5.74, 6) is -14.6. The number of aliphatic hydroxyl groups is 2. The van der Waals surface area contributed by atoms with Gasteiger partial charge in [-0.3, -0.25) is 57.5 Å². The lowest BCUT2D eigenvalue weighted by Gasteiger charge is -2.34. The predicted molar refractivity (Wildman–Crippen MR) is 371 cm³/mol. The minimum absolute atomic E-state index is 0.0961. The van der Waals surface area contributed by atoms with E-state index >= 15 is 4.39 Å². The fraction of sp³-hybridized carbons (Fsp3) is 0.471. The maximum atomic E-state index is 15.4. The number of nitrogens with one attached hydrogen (secondary N) is 10. The van der Waals surface area contributed by atoms with E-state index in [0.717, 1.165) is 93.8 Å². The Morgan fingerprint density at radius 2 is 1.26 bits per heavy atom. The van der Waals surface area contributed by atoms with Gasteiger partial charge >= 0.3 is 11.9 Å². The highest BCUT2D eigenvalue weighted by Crippen LogP contribution is 2.29. The zero-order valence-electron chi connectivity index (χ0n) is 58.9. The first-order valence-corrected chi connectivity index (χ1v) is 33.5. The van der Waals surface area contributed by atoms with Gasteiger partial charge in [0.25, 0.3) is 0 Å². The lowest BCUT2D eigenvalue weighted by molar-refractivity contribution is -0.154. The molecule has 33 heteroatoms. The zero-order valence-corrected chi connectivity index (χ0v) is 58.9. The number of ether oxygens (including phenoxy) is 1. The van der Waals surface area contributed by atoms with Crippen LogP contribution in [0, 0.1) is 25.1 Å². The van der Waals surface area contributed by atoms with Crippen LogP contribution in [0.25, 0.3) is 11.1 Å². The molecule has 0 aliphatic rings. The van der Waals surface area contributed by atoms with Gasteiger partial charge in [-0.2, -0.15) is 5.21 Å². The number of carbonyl (C=O) groups excluding carboxylic acids is 10. The highest BCUT2D eigenvalue weighted by molar-refractivity contribution is 6.03. The second-order valence-electron chi connectivity index (χ2n) is 26.0. The summed E-state index contributed by atoms with van der Waals surface area (Å²) in [6, 6.07) is 11.9. The minimum Gasteiger partial charge on any atom is -0.494 e. The van der Waals surface area contributed by atoms with Crippen molar-refractivity contribution in [3.63, 3.8) is 0 Å². The summed E-state index contributed by atoms with van der Waals surface area (Å²) in [6.07, 6.45) is -2.71. The van der Waals surface area contributed by atoms with E-state index in [0.29, 0.717) is 43.7 Å². The number of carboxylic acid groups (broad SMARTS) is 2. The van der Waals surface area contributed by atoms with Crippen molar-refractivity contribution >= 4 is 71.0 Å². The Kier molecular flexibility index (Phi) is 31.3. The monoisotopic (exact) mass is 1440 g/mol. The van der Waals surface area contributed by atoms with Crippen molar-refractivity contribution in [2.45, 2.75) is 187 Å². The minimum atomic E-state index is -2.35. The second-order valence-corrected chi connectivity index (χ2v) is 26.0. The number of unbranched alkanes of at least 4 members (excludes halogenated alkanes) is 1. The van der Waals surface area contributed by atoms with E-state index < -0.39 is 168 Å². The number of aryl methyl sites for hydroxylation is 4. The van der Waals surface area contributed by atoms with Crippen LogP contribution in [0.4, 0.5) is 4.39 Å². The van der Waals surface area contributed by atoms with Gasteiger partial charge in [-0.05, 0) is 152 Å². The number of H-pyrrole nitrogens is 1. The number of benzene rings is 4. The number of tetrazole rings is 1. The summed E-state index contributed by atoms with van der Waals surface area (Å²) in [5, 5.41) is 75.6. The summed E-state index contributed by atoms with van der Waals surface area (Å²) in [5.41, 5.74) is 13.2. The molecular formula is C70H94FN15O17. The van der Waals surface area contributed by atoms with Crippen LogP contribution in [0.1, 0.15) is 120 Å². The lowest BCUT2D eigenvalue weighted by Crippen LogP contribution is -2.66. The van der Waals surface area contributed by atoms with Crippen LogP contribution in [0.2, 0.25) is 0 Å². The number of aromatic amines is 1. The third-order valence-corrected chi connectivity index (χ3v) is 16.8. The lowest BCUT2D eigenvalue weighted by atomic mass is 9.90. The van der Waals surface area contributed by atoms with Gasteiger partial charge in [-0.25, -0.2) is 4.39 Å². The number of aromatic nitrogens is 4. The summed E-state index contributed by atoms with van der Waals surface area (Å²) in [7, 11) is 0. The van der Waals surface area contributed by atoms with Gasteiger partial charge in [0.2, 0.25) is 59.1 Å². The Labute approximate surface area is 594 Å². The van der Waals surface area contributed by atoms with Gasteiger partial charge in [-0.15, -0.1) is 10.2 Å². The Hall–Kier alpha value is -10.8. The molecule has 32 nitrogen and oxygen atoms in total. The fourth-order valence-electron chi connectivity index (χ4n) is 10.8. The molecular weight excluding hydrogens is 1340 g/mol. The maximum absolute atomic E-state index is 15.4. The number of amides is 10. The number of hydrogen-bond acceptors (Lipinski definition) is 19. The van der Waals surface area contributed by atoms with E-state index in [4.69, 9.17) is 16.2 Å². The molecule has 5 rings (SSSR count). The Morgan fingerprint density at radius 1 is 0.641 bits per heavy atom. The summed E-state index contributed by atoms with van der Waals surface area (Å²) < 4.78 is 21.4. The molecule has 0 saturated carbocycles. The quantitative estimate of drug-likeness (QED) is 0.0175. The Bertz CT molecular complexity index is 3800. The molecule has 1 aromatic heterocycles. The molecule has 0 unspecified atom stereocenters. The van der Waals surface area contributed by atoms with Crippen LogP contribution in [0.3, 0.4) is 0 Å². The number of primary amides is 1. The molecule has 0 bridgehead atoms. The second kappa shape index (κ2) is 38.9. The zero-order chi connectivity index (χ0) is 76.5. The van der Waals surface area contributed by atoms with Crippen molar-refractivity contribution in [1.82, 2.24) is 68.5 Å². The molecule has 4 aromatic carbocycles. The molecule has 0 radical (unpaired) electrons. The number of rotatable bonds is 41. The van der Waals surface area contributed by atoms with Crippen molar-refractivity contribution in [3.8, 4) is 16.9 Å². The van der Waals surface area contributed by atoms with Gasteiger partial charge < -0.3 is 84.5 Å². The Morgan fingerprint density at radius 3 is 1.85 bits per heavy atom. The highest BCUT2D eigenvalue weighted by Gasteiger charge is 2.43. The third kappa shape index (κ3) is 25.3. The third-order valence-electron chi connectivity index (χ3n) is 16.8. The Balaban J connectivity index is 1.34. The molecule has 10 amide bonds. The van der Waals surface area contributed by atoms with Crippen LogP contribution < -0.4 is 64.1 Å². The van der Waals surface area contributed by atoms with Gasteiger partial charge in [0, 0.05) is 19.3 Å². The molecule has 18 N–H and O–H groups in total. The van der Waals surface area contributed by atoms with Crippen molar-refractivity contribution < 1.29 is 87.1 Å². The number of carbonyl (C=O) groups is 12. The number of nitrogens with two attached hydrogens (primary N) is 2.